The number of nitrogens with zero attached hydrogens (tertiary/aromatic N) is 6. The minimum absolute atomic E-state index is 0.167. The number of rotatable bonds is 7. The molecule has 5 N–H and O–H groups in total. The van der Waals surface area contributed by atoms with E-state index in [-0.39, 0.29) is 11.9 Å². The Bertz CT molecular complexity index is 1080. The van der Waals surface area contributed by atoms with E-state index in [1.807, 2.05) is 6.92 Å². The van der Waals surface area contributed by atoms with Gasteiger partial charge in [-0.1, -0.05) is 6.92 Å². The van der Waals surface area contributed by atoms with Gasteiger partial charge in [0, 0.05) is 19.8 Å². The van der Waals surface area contributed by atoms with Crippen LogP contribution in [0.1, 0.15) is 29.9 Å². The first-order valence-electron chi connectivity index (χ1n) is 9.86. The predicted octanol–water partition coefficient (Wildman–Crippen LogP) is -1.19. The Morgan fingerprint density at radius 3 is 2.77 bits per heavy atom. The van der Waals surface area contributed by atoms with Gasteiger partial charge < -0.3 is 30.7 Å². The van der Waals surface area contributed by atoms with Crippen LogP contribution in [0.3, 0.4) is 0 Å². The number of amides is 1. The van der Waals surface area contributed by atoms with E-state index in [0.29, 0.717) is 29.1 Å². The Morgan fingerprint density at radius 2 is 2.10 bits per heavy atom. The van der Waals surface area contributed by atoms with Crippen LogP contribution in [0, 0.1) is 0 Å². The smallest absolute Gasteiger partial charge is 0.254 e. The Balaban J connectivity index is 1.73. The van der Waals surface area contributed by atoms with Gasteiger partial charge in [0.25, 0.3) is 11.9 Å². The molecule has 0 unspecified atom stereocenters. The molecule has 1 aliphatic rings. The van der Waals surface area contributed by atoms with Crippen LogP contribution < -0.4 is 10.6 Å². The largest absolute Gasteiger partial charge is 0.394 e. The van der Waals surface area contributed by atoms with Gasteiger partial charge in [0.1, 0.15) is 18.3 Å². The van der Waals surface area contributed by atoms with Crippen LogP contribution in [-0.4, -0.2) is 89.0 Å². The molecule has 0 saturated carbocycles. The number of aliphatic hydroxyl groups excluding tert-OH is 3. The summed E-state index contributed by atoms with van der Waals surface area (Å²) in [4.78, 5) is 25.4. The maximum atomic E-state index is 12.2. The summed E-state index contributed by atoms with van der Waals surface area (Å²) in [6.07, 6.45) is 0.681. The quantitative estimate of drug-likeness (QED) is 0.305. The van der Waals surface area contributed by atoms with E-state index in [1.54, 1.807) is 7.05 Å². The lowest BCUT2D eigenvalue weighted by Gasteiger charge is -2.17. The summed E-state index contributed by atoms with van der Waals surface area (Å²) in [5, 5.41) is 39.7. The third-order valence-corrected chi connectivity index (χ3v) is 5.02. The van der Waals surface area contributed by atoms with Crippen LogP contribution in [0.15, 0.2) is 18.7 Å². The highest BCUT2D eigenvalue weighted by Gasteiger charge is 2.44. The van der Waals surface area contributed by atoms with Crippen molar-refractivity contribution in [3.05, 3.63) is 24.3 Å². The summed E-state index contributed by atoms with van der Waals surface area (Å²) in [6, 6.07) is 0. The minimum Gasteiger partial charge on any atom is -0.394 e. The lowest BCUT2D eigenvalue weighted by molar-refractivity contribution is -0.0511. The molecule has 1 aliphatic heterocycles. The molecule has 4 rings (SSSR count). The molecule has 166 valence electrons. The Hall–Kier alpha value is -3.13. The Labute approximate surface area is 176 Å². The normalized spacial score (nSPS) is 23.4. The standard InChI is InChI=1S/C18H24N8O5/c1-3-4-20-16(30)9-5-22-26(6-9)18-23-14(19-2)11-15(24-18)25(8-21-11)17-13(29)12(28)10(7-27)31-17/h5-6,8,10,12-13,17,27-29H,3-4,7H2,1-2H3,(H,20,30)(H,19,23,24)/t10-,12-,13-,17-/m1/s1. The number of carbonyl (C=O) groups excluding carboxylic acids is 1. The molecule has 0 bridgehead atoms. The molecule has 13 nitrogen and oxygen atoms in total. The van der Waals surface area contributed by atoms with Gasteiger partial charge in [0.05, 0.1) is 24.7 Å². The van der Waals surface area contributed by atoms with Gasteiger partial charge in [-0.25, -0.2) is 9.67 Å². The van der Waals surface area contributed by atoms with Crippen molar-refractivity contribution in [1.29, 1.82) is 0 Å². The van der Waals surface area contributed by atoms with E-state index in [2.05, 4.69) is 30.7 Å². The van der Waals surface area contributed by atoms with Gasteiger partial charge in [0.15, 0.2) is 23.2 Å². The number of carbonyl (C=O) groups is 1. The van der Waals surface area contributed by atoms with Gasteiger partial charge >= 0.3 is 0 Å². The summed E-state index contributed by atoms with van der Waals surface area (Å²) in [5.41, 5.74) is 1.09. The summed E-state index contributed by atoms with van der Waals surface area (Å²) in [6.45, 7) is 2.07. The zero-order valence-corrected chi connectivity index (χ0v) is 17.0. The van der Waals surface area contributed by atoms with E-state index in [0.717, 1.165) is 6.42 Å². The molecule has 3 aromatic heterocycles. The lowest BCUT2D eigenvalue weighted by Crippen LogP contribution is -2.33. The molecule has 0 aromatic carbocycles. The molecule has 4 atom stereocenters. The number of ether oxygens (including phenoxy) is 1. The summed E-state index contributed by atoms with van der Waals surface area (Å²) in [7, 11) is 1.67. The molecule has 0 aliphatic carbocycles. The van der Waals surface area contributed by atoms with Gasteiger partial charge in [0.2, 0.25) is 0 Å². The number of hydrogen-bond donors (Lipinski definition) is 5. The molecule has 1 saturated heterocycles. The number of anilines is 1. The number of fused-ring (bicyclic) bond motifs is 1. The van der Waals surface area contributed by atoms with Crippen LogP contribution >= 0.6 is 0 Å². The molecule has 3 aromatic rings. The minimum atomic E-state index is -1.29. The van der Waals surface area contributed by atoms with Crippen LogP contribution in [0.4, 0.5) is 5.82 Å². The van der Waals surface area contributed by atoms with E-state index in [1.165, 1.54) is 28.0 Å². The predicted molar refractivity (Wildman–Crippen MR) is 108 cm³/mol. The van der Waals surface area contributed by atoms with Crippen molar-refractivity contribution >= 4 is 22.9 Å². The van der Waals surface area contributed by atoms with E-state index in [4.69, 9.17) is 4.74 Å². The van der Waals surface area contributed by atoms with E-state index < -0.39 is 31.1 Å². The fourth-order valence-electron chi connectivity index (χ4n) is 3.37. The molecule has 0 spiro atoms. The van der Waals surface area contributed by atoms with Crippen molar-refractivity contribution in [1.82, 2.24) is 34.6 Å². The average molecular weight is 432 g/mol. The number of aromatic nitrogens is 6. The zero-order valence-electron chi connectivity index (χ0n) is 17.0. The summed E-state index contributed by atoms with van der Waals surface area (Å²) in [5.74, 6) is 0.317. The zero-order chi connectivity index (χ0) is 22.1. The van der Waals surface area contributed by atoms with Gasteiger partial charge in [-0.3, -0.25) is 9.36 Å². The summed E-state index contributed by atoms with van der Waals surface area (Å²) < 4.78 is 8.42. The first-order chi connectivity index (χ1) is 15.0. The van der Waals surface area contributed by atoms with E-state index >= 15 is 0 Å². The monoisotopic (exact) mass is 432 g/mol. The number of aliphatic hydroxyl groups is 3. The second kappa shape index (κ2) is 8.55. The van der Waals surface area contributed by atoms with Gasteiger partial charge in [-0.2, -0.15) is 15.1 Å². The lowest BCUT2D eigenvalue weighted by atomic mass is 10.1. The van der Waals surface area contributed by atoms with Crippen molar-refractivity contribution in [2.75, 3.05) is 25.5 Å². The van der Waals surface area contributed by atoms with Crippen molar-refractivity contribution < 1.29 is 24.9 Å². The first kappa shape index (κ1) is 21.1. The molecule has 4 heterocycles. The maximum Gasteiger partial charge on any atom is 0.254 e. The van der Waals surface area contributed by atoms with Gasteiger partial charge in [-0.05, 0) is 6.42 Å². The SMILES string of the molecule is CCCNC(=O)c1cnn(-c2nc(NC)c3ncn([C@@H]4O[C@H](CO)[C@@H](O)[C@H]4O)c3n2)c1. The second-order valence-corrected chi connectivity index (χ2v) is 7.10. The molecule has 0 radical (unpaired) electrons. The molecule has 13 heteroatoms. The maximum absolute atomic E-state index is 12.2. The second-order valence-electron chi connectivity index (χ2n) is 7.10. The fraction of sp³-hybridized carbons (Fsp3) is 0.500. The first-order valence-corrected chi connectivity index (χ1v) is 9.86. The van der Waals surface area contributed by atoms with Crippen LogP contribution in [0.5, 0.6) is 0 Å². The molecular weight excluding hydrogens is 408 g/mol. The van der Waals surface area contributed by atoms with Crippen molar-refractivity contribution in [2.45, 2.75) is 37.9 Å². The molecule has 1 amide bonds. The number of nitrogens with one attached hydrogen (secondary N) is 2. The topological polar surface area (TPSA) is 172 Å². The highest BCUT2D eigenvalue weighted by atomic mass is 16.6. The average Bonchev–Trinajstić information content (AvgIpc) is 3.50. The van der Waals surface area contributed by atoms with Crippen LogP contribution in [0.2, 0.25) is 0 Å². The molecule has 31 heavy (non-hydrogen) atoms. The van der Waals surface area contributed by atoms with Crippen molar-refractivity contribution in [2.24, 2.45) is 0 Å². The van der Waals surface area contributed by atoms with Crippen LogP contribution in [0.25, 0.3) is 17.1 Å². The third kappa shape index (κ3) is 3.72. The molecule has 1 fully saturated rings. The van der Waals surface area contributed by atoms with Crippen molar-refractivity contribution in [3.63, 3.8) is 0 Å². The number of imidazole rings is 1. The van der Waals surface area contributed by atoms with Gasteiger partial charge in [-0.15, -0.1) is 0 Å². The Kier molecular flexibility index (Phi) is 5.82. The summed E-state index contributed by atoms with van der Waals surface area (Å²) >= 11 is 0. The van der Waals surface area contributed by atoms with E-state index in [9.17, 15) is 20.1 Å². The highest BCUT2D eigenvalue weighted by Crippen LogP contribution is 2.32. The van der Waals surface area contributed by atoms with Crippen LogP contribution in [-0.2, 0) is 4.74 Å². The number of hydrogen-bond acceptors (Lipinski definition) is 10. The highest BCUT2D eigenvalue weighted by molar-refractivity contribution is 5.93. The molecular formula is C18H24N8O5. The van der Waals surface area contributed by atoms with Crippen molar-refractivity contribution in [3.8, 4) is 5.95 Å². The fourth-order valence-corrected chi connectivity index (χ4v) is 3.37. The Morgan fingerprint density at radius 1 is 1.29 bits per heavy atom. The third-order valence-electron chi connectivity index (χ3n) is 5.02.